The number of fused-ring (bicyclic) bond motifs is 1. The van der Waals surface area contributed by atoms with E-state index in [2.05, 4.69) is 13.0 Å². The molecule has 6 heteroatoms. The Morgan fingerprint density at radius 1 is 1.46 bits per heavy atom. The van der Waals surface area contributed by atoms with Gasteiger partial charge in [0.15, 0.2) is 0 Å². The number of rotatable bonds is 7. The van der Waals surface area contributed by atoms with Gasteiger partial charge in [0.1, 0.15) is 6.54 Å². The minimum atomic E-state index is -0.875. The lowest BCUT2D eigenvalue weighted by atomic mass is 10.2. The number of anilines is 1. The summed E-state index contributed by atoms with van der Waals surface area (Å²) in [6.07, 6.45) is 6.90. The number of halogens is 1. The van der Waals surface area contributed by atoms with Crippen LogP contribution in [-0.4, -0.2) is 21.5 Å². The summed E-state index contributed by atoms with van der Waals surface area (Å²) in [5.41, 5.74) is 8.58. The number of allylic oxidation sites excluding steroid dienone is 3. The van der Waals surface area contributed by atoms with Gasteiger partial charge in [0.05, 0.1) is 5.52 Å². The van der Waals surface area contributed by atoms with Crippen LogP contribution in [0.3, 0.4) is 0 Å². The van der Waals surface area contributed by atoms with Crippen molar-refractivity contribution in [2.75, 3.05) is 11.6 Å². The van der Waals surface area contributed by atoms with Crippen LogP contribution >= 0.6 is 23.4 Å². The summed E-state index contributed by atoms with van der Waals surface area (Å²) >= 11 is 7.34. The molecule has 0 spiro atoms. The fraction of sp³-hybridized carbons (Fsp3) is 0.278. The molecule has 0 saturated heterocycles. The van der Waals surface area contributed by atoms with Gasteiger partial charge in [0.25, 0.3) is 0 Å². The summed E-state index contributed by atoms with van der Waals surface area (Å²) in [5, 5.41) is 10.1. The number of aromatic nitrogens is 1. The second kappa shape index (κ2) is 8.31. The molecule has 0 radical (unpaired) electrons. The van der Waals surface area contributed by atoms with Crippen molar-refractivity contribution in [3.8, 4) is 0 Å². The fourth-order valence-corrected chi connectivity index (χ4v) is 3.92. The fourth-order valence-electron chi connectivity index (χ4n) is 2.60. The third kappa shape index (κ3) is 3.97. The number of aliphatic carboxylic acids is 1. The molecule has 3 N–H and O–H groups in total. The Morgan fingerprint density at radius 2 is 2.21 bits per heavy atom. The van der Waals surface area contributed by atoms with Crippen LogP contribution in [-0.2, 0) is 11.3 Å². The third-order valence-corrected chi connectivity index (χ3v) is 5.04. The van der Waals surface area contributed by atoms with Crippen molar-refractivity contribution in [3.63, 3.8) is 0 Å². The van der Waals surface area contributed by atoms with Gasteiger partial charge in [0, 0.05) is 32.4 Å². The molecule has 2 rings (SSSR count). The van der Waals surface area contributed by atoms with E-state index in [1.807, 2.05) is 37.3 Å². The number of alkyl halides is 1. The zero-order valence-electron chi connectivity index (χ0n) is 13.8. The van der Waals surface area contributed by atoms with Crippen molar-refractivity contribution in [2.45, 2.75) is 31.7 Å². The number of nitrogen functional groups attached to an aromatic ring is 1. The number of thioether (sulfide) groups is 1. The standard InChI is InChI=1S/C18H21ClN2O2S/c1-3-6-13(7-5-10-19)24-18-12(2)21(11-16(22)23)15-9-4-8-14(20)17(15)18/h4-9H,3,10-11,20H2,1-2H3,(H,22,23)/b7-5-,13-6+. The minimum Gasteiger partial charge on any atom is -0.480 e. The van der Waals surface area contributed by atoms with E-state index < -0.39 is 5.97 Å². The van der Waals surface area contributed by atoms with Crippen LogP contribution in [0, 0.1) is 6.92 Å². The first-order chi connectivity index (χ1) is 11.5. The Balaban J connectivity index is 2.60. The molecule has 1 aromatic carbocycles. The van der Waals surface area contributed by atoms with Crippen LogP contribution in [0.2, 0.25) is 0 Å². The van der Waals surface area contributed by atoms with Crippen LogP contribution in [0.5, 0.6) is 0 Å². The average Bonchev–Trinajstić information content (AvgIpc) is 2.79. The molecule has 0 aliphatic rings. The molecule has 2 aromatic rings. The zero-order chi connectivity index (χ0) is 17.7. The molecule has 0 unspecified atom stereocenters. The van der Waals surface area contributed by atoms with E-state index in [4.69, 9.17) is 17.3 Å². The highest BCUT2D eigenvalue weighted by molar-refractivity contribution is 8.03. The Kier molecular flexibility index (Phi) is 6.40. The van der Waals surface area contributed by atoms with Gasteiger partial charge in [-0.25, -0.2) is 0 Å². The summed E-state index contributed by atoms with van der Waals surface area (Å²) in [6, 6.07) is 5.60. The van der Waals surface area contributed by atoms with Gasteiger partial charge in [0.2, 0.25) is 0 Å². The molecule has 24 heavy (non-hydrogen) atoms. The second-order valence-corrected chi connectivity index (χ2v) is 6.70. The number of benzene rings is 1. The number of nitrogens with zero attached hydrogens (tertiary/aromatic N) is 1. The van der Waals surface area contributed by atoms with Crippen LogP contribution in [0.25, 0.3) is 10.9 Å². The molecule has 0 aliphatic heterocycles. The van der Waals surface area contributed by atoms with Crippen molar-refractivity contribution in [3.05, 3.63) is 47.0 Å². The van der Waals surface area contributed by atoms with Crippen molar-refractivity contribution < 1.29 is 9.90 Å². The maximum atomic E-state index is 11.2. The molecule has 0 saturated carbocycles. The highest BCUT2D eigenvalue weighted by Crippen LogP contribution is 2.41. The first-order valence-corrected chi connectivity index (χ1v) is 9.04. The lowest BCUT2D eigenvalue weighted by Crippen LogP contribution is -2.09. The maximum Gasteiger partial charge on any atom is 0.323 e. The Labute approximate surface area is 151 Å². The predicted octanol–water partition coefficient (Wildman–Crippen LogP) is 4.80. The first-order valence-electron chi connectivity index (χ1n) is 7.69. The Bertz CT molecular complexity index is 809. The minimum absolute atomic E-state index is 0.0866. The average molecular weight is 365 g/mol. The van der Waals surface area contributed by atoms with Crippen LogP contribution in [0.15, 0.2) is 46.2 Å². The van der Waals surface area contributed by atoms with E-state index in [0.29, 0.717) is 11.6 Å². The molecule has 1 aromatic heterocycles. The highest BCUT2D eigenvalue weighted by Gasteiger charge is 2.18. The summed E-state index contributed by atoms with van der Waals surface area (Å²) in [7, 11) is 0. The molecular formula is C18H21ClN2O2S. The van der Waals surface area contributed by atoms with Crippen LogP contribution in [0.1, 0.15) is 19.0 Å². The topological polar surface area (TPSA) is 68.2 Å². The van der Waals surface area contributed by atoms with Crippen molar-refractivity contribution in [1.29, 1.82) is 0 Å². The SMILES string of the molecule is CC/C=C(\C=C/CCl)Sc1c(C)n(CC(=O)O)c2cccc(N)c12. The third-order valence-electron chi connectivity index (χ3n) is 3.62. The molecule has 1 heterocycles. The lowest BCUT2D eigenvalue weighted by Gasteiger charge is -2.06. The van der Waals surface area contributed by atoms with E-state index in [1.54, 1.807) is 16.3 Å². The van der Waals surface area contributed by atoms with Gasteiger partial charge in [-0.3, -0.25) is 4.79 Å². The molecule has 0 fully saturated rings. The van der Waals surface area contributed by atoms with Gasteiger partial charge in [-0.2, -0.15) is 0 Å². The van der Waals surface area contributed by atoms with Gasteiger partial charge in [-0.15, -0.1) is 11.6 Å². The number of hydrogen-bond acceptors (Lipinski definition) is 3. The molecule has 0 atom stereocenters. The molecule has 4 nitrogen and oxygen atoms in total. The van der Waals surface area contributed by atoms with Gasteiger partial charge < -0.3 is 15.4 Å². The monoisotopic (exact) mass is 364 g/mol. The van der Waals surface area contributed by atoms with Gasteiger partial charge in [-0.05, 0) is 25.5 Å². The van der Waals surface area contributed by atoms with E-state index in [0.717, 1.165) is 32.8 Å². The molecular weight excluding hydrogens is 344 g/mol. The predicted molar refractivity (Wildman–Crippen MR) is 103 cm³/mol. The summed E-state index contributed by atoms with van der Waals surface area (Å²) in [6.45, 7) is 3.92. The summed E-state index contributed by atoms with van der Waals surface area (Å²) in [4.78, 5) is 13.3. The Hall–Kier alpha value is -1.85. The molecule has 0 bridgehead atoms. The number of carboxylic acid groups (broad SMARTS) is 1. The van der Waals surface area contributed by atoms with Gasteiger partial charge in [-0.1, -0.05) is 43.0 Å². The molecule has 128 valence electrons. The maximum absolute atomic E-state index is 11.2. The zero-order valence-corrected chi connectivity index (χ0v) is 15.3. The number of hydrogen-bond donors (Lipinski definition) is 2. The number of carboxylic acids is 1. The smallest absolute Gasteiger partial charge is 0.323 e. The normalized spacial score (nSPS) is 12.4. The van der Waals surface area contributed by atoms with Gasteiger partial charge >= 0.3 is 5.97 Å². The van der Waals surface area contributed by atoms with Crippen molar-refractivity contribution in [2.24, 2.45) is 0 Å². The molecule has 0 aliphatic carbocycles. The van der Waals surface area contributed by atoms with Crippen molar-refractivity contribution in [1.82, 2.24) is 4.57 Å². The van der Waals surface area contributed by atoms with E-state index in [1.165, 1.54) is 0 Å². The largest absolute Gasteiger partial charge is 0.480 e. The van der Waals surface area contributed by atoms with Crippen LogP contribution in [0.4, 0.5) is 5.69 Å². The second-order valence-electron chi connectivity index (χ2n) is 5.31. The van der Waals surface area contributed by atoms with E-state index in [9.17, 15) is 9.90 Å². The summed E-state index contributed by atoms with van der Waals surface area (Å²) in [5.74, 6) is -0.427. The molecule has 0 amide bonds. The van der Waals surface area contributed by atoms with Crippen LogP contribution < -0.4 is 5.73 Å². The van der Waals surface area contributed by atoms with Crippen molar-refractivity contribution >= 4 is 45.9 Å². The first kappa shape index (κ1) is 18.5. The van der Waals surface area contributed by atoms with E-state index in [-0.39, 0.29) is 6.54 Å². The highest BCUT2D eigenvalue weighted by atomic mass is 35.5. The quantitative estimate of drug-likeness (QED) is 0.320. The lowest BCUT2D eigenvalue weighted by molar-refractivity contribution is -0.137. The number of nitrogens with two attached hydrogens (primary N) is 1. The number of carbonyl (C=O) groups is 1. The van der Waals surface area contributed by atoms with E-state index >= 15 is 0 Å². The Morgan fingerprint density at radius 3 is 2.83 bits per heavy atom. The summed E-state index contributed by atoms with van der Waals surface area (Å²) < 4.78 is 1.80.